The average molecular weight is 507 g/mol. The normalized spacial score (nSPS) is 20.0. The van der Waals surface area contributed by atoms with E-state index in [0.29, 0.717) is 11.3 Å². The minimum Gasteiger partial charge on any atom is -0.503 e. The standard InChI is InChI=1S/C19H19N7O6S2/c1-2-32-23-11(14-22-19(20)34-24-14)15(28)21-12-16(29)26-13(18(30)31)9(8-33-17(12)26)6-25-5-3-4-10(27)7-25/h3-5,7,12,17H,2,6,8H2,1H3,(H4-,20,21,22,24,27,28,30,31)/p+1/t12?,17-/m1/s1. The van der Waals surface area contributed by atoms with E-state index < -0.39 is 29.2 Å². The van der Waals surface area contributed by atoms with Crippen LogP contribution in [0.5, 0.6) is 5.75 Å². The summed E-state index contributed by atoms with van der Waals surface area (Å²) in [6.45, 7) is 2.05. The van der Waals surface area contributed by atoms with E-state index in [1.165, 1.54) is 28.9 Å². The summed E-state index contributed by atoms with van der Waals surface area (Å²) < 4.78 is 5.59. The molecule has 0 aromatic carbocycles. The van der Waals surface area contributed by atoms with Crippen molar-refractivity contribution in [1.29, 1.82) is 0 Å². The molecule has 2 amide bonds. The summed E-state index contributed by atoms with van der Waals surface area (Å²) in [4.78, 5) is 47.9. The molecule has 178 valence electrons. The van der Waals surface area contributed by atoms with Crippen LogP contribution in [0.4, 0.5) is 5.13 Å². The molecule has 0 aliphatic carbocycles. The molecule has 5 N–H and O–H groups in total. The predicted molar refractivity (Wildman–Crippen MR) is 120 cm³/mol. The van der Waals surface area contributed by atoms with Crippen LogP contribution >= 0.6 is 23.3 Å². The number of aromatic nitrogens is 3. The van der Waals surface area contributed by atoms with E-state index in [9.17, 15) is 24.6 Å². The molecule has 1 fully saturated rings. The number of oxime groups is 1. The Morgan fingerprint density at radius 2 is 2.26 bits per heavy atom. The highest BCUT2D eigenvalue weighted by molar-refractivity contribution is 8.00. The van der Waals surface area contributed by atoms with Gasteiger partial charge in [-0.05, 0) is 13.0 Å². The van der Waals surface area contributed by atoms with Gasteiger partial charge in [-0.2, -0.15) is 13.9 Å². The maximum atomic E-state index is 12.9. The number of carbonyl (C=O) groups excluding carboxylic acids is 2. The van der Waals surface area contributed by atoms with Gasteiger partial charge >= 0.3 is 5.97 Å². The summed E-state index contributed by atoms with van der Waals surface area (Å²) in [6.07, 6.45) is 3.14. The van der Waals surface area contributed by atoms with Gasteiger partial charge in [-0.15, -0.1) is 11.8 Å². The van der Waals surface area contributed by atoms with Crippen molar-refractivity contribution in [2.45, 2.75) is 24.9 Å². The molecule has 1 saturated heterocycles. The fourth-order valence-corrected chi connectivity index (χ4v) is 5.26. The molecule has 13 nitrogen and oxygen atoms in total. The van der Waals surface area contributed by atoms with Gasteiger partial charge in [0.15, 0.2) is 23.6 Å². The first-order chi connectivity index (χ1) is 16.3. The lowest BCUT2D eigenvalue weighted by Crippen LogP contribution is -2.71. The maximum absolute atomic E-state index is 12.9. The largest absolute Gasteiger partial charge is 0.503 e. The number of nitrogen functional groups attached to an aromatic ring is 1. The van der Waals surface area contributed by atoms with E-state index in [0.717, 1.165) is 11.5 Å². The zero-order valence-corrected chi connectivity index (χ0v) is 19.4. The lowest BCUT2D eigenvalue weighted by atomic mass is 10.0. The van der Waals surface area contributed by atoms with E-state index in [1.807, 2.05) is 0 Å². The number of rotatable bonds is 8. The Labute approximate surface area is 201 Å². The minimum atomic E-state index is -1.25. The van der Waals surface area contributed by atoms with Gasteiger partial charge in [-0.1, -0.05) is 5.16 Å². The number of anilines is 1. The van der Waals surface area contributed by atoms with E-state index in [-0.39, 0.29) is 41.3 Å². The molecule has 2 aliphatic rings. The number of carbonyl (C=O) groups is 3. The summed E-state index contributed by atoms with van der Waals surface area (Å²) in [5, 5.41) is 25.3. The Morgan fingerprint density at radius 1 is 1.47 bits per heavy atom. The number of aromatic hydroxyl groups is 1. The van der Waals surface area contributed by atoms with Crippen molar-refractivity contribution in [3.05, 3.63) is 41.6 Å². The van der Waals surface area contributed by atoms with E-state index in [1.54, 1.807) is 23.8 Å². The van der Waals surface area contributed by atoms with Gasteiger partial charge in [0, 0.05) is 28.9 Å². The number of aliphatic carboxylic acids is 1. The van der Waals surface area contributed by atoms with Crippen molar-refractivity contribution in [3.63, 3.8) is 0 Å². The quantitative estimate of drug-likeness (QED) is 0.154. The zero-order chi connectivity index (χ0) is 24.4. The predicted octanol–water partition coefficient (Wildman–Crippen LogP) is -0.707. The fourth-order valence-electron chi connectivity index (χ4n) is 3.49. The highest BCUT2D eigenvalue weighted by Crippen LogP contribution is 2.40. The van der Waals surface area contributed by atoms with Crippen molar-refractivity contribution in [2.75, 3.05) is 18.1 Å². The van der Waals surface area contributed by atoms with Crippen LogP contribution in [0.1, 0.15) is 12.7 Å². The second kappa shape index (κ2) is 9.64. The topological polar surface area (TPSA) is 184 Å². The lowest BCUT2D eigenvalue weighted by molar-refractivity contribution is -0.689. The highest BCUT2D eigenvalue weighted by Gasteiger charge is 2.54. The van der Waals surface area contributed by atoms with E-state index in [4.69, 9.17) is 10.6 Å². The number of carboxylic acid groups (broad SMARTS) is 1. The number of thioether (sulfide) groups is 1. The van der Waals surface area contributed by atoms with Crippen LogP contribution in [0, 0.1) is 0 Å². The van der Waals surface area contributed by atoms with E-state index >= 15 is 0 Å². The number of amides is 2. The summed E-state index contributed by atoms with van der Waals surface area (Å²) in [6, 6.07) is 2.16. The molecule has 4 heterocycles. The van der Waals surface area contributed by atoms with E-state index in [2.05, 4.69) is 19.8 Å². The molecule has 15 heteroatoms. The Hall–Kier alpha value is -3.72. The fraction of sp³-hybridized carbons (Fsp3) is 0.316. The molecule has 4 rings (SSSR count). The third kappa shape index (κ3) is 4.51. The van der Waals surface area contributed by atoms with Gasteiger partial charge < -0.3 is 26.1 Å². The summed E-state index contributed by atoms with van der Waals surface area (Å²) in [5.74, 6) is -2.25. The monoisotopic (exact) mass is 506 g/mol. The van der Waals surface area contributed by atoms with Crippen LogP contribution in [0.2, 0.25) is 0 Å². The first-order valence-corrected chi connectivity index (χ1v) is 11.8. The van der Waals surface area contributed by atoms with Crippen LogP contribution in [-0.4, -0.2) is 71.7 Å². The Kier molecular flexibility index (Phi) is 6.65. The van der Waals surface area contributed by atoms with Crippen molar-refractivity contribution in [3.8, 4) is 5.75 Å². The first-order valence-electron chi connectivity index (χ1n) is 9.98. The second-order valence-electron chi connectivity index (χ2n) is 7.17. The molecule has 0 saturated carbocycles. The number of nitrogens with zero attached hydrogens (tertiary/aromatic N) is 5. The molecule has 0 spiro atoms. The number of hydrogen-bond donors (Lipinski definition) is 4. The molecule has 2 atom stereocenters. The van der Waals surface area contributed by atoms with Crippen LogP contribution in [0.3, 0.4) is 0 Å². The van der Waals surface area contributed by atoms with Crippen molar-refractivity contribution in [2.24, 2.45) is 5.16 Å². The number of carboxylic acids is 1. The van der Waals surface area contributed by atoms with Crippen molar-refractivity contribution >= 4 is 51.9 Å². The molecule has 2 aromatic heterocycles. The molecular formula is C19H20N7O6S2+. The smallest absolute Gasteiger partial charge is 0.352 e. The van der Waals surface area contributed by atoms with Crippen LogP contribution in [-0.2, 0) is 25.8 Å². The molecule has 0 radical (unpaired) electrons. The van der Waals surface area contributed by atoms with Crippen LogP contribution in [0.25, 0.3) is 0 Å². The second-order valence-corrected chi connectivity index (χ2v) is 9.06. The van der Waals surface area contributed by atoms with Gasteiger partial charge in [-0.3, -0.25) is 14.5 Å². The average Bonchev–Trinajstić information content (AvgIpc) is 3.23. The third-order valence-electron chi connectivity index (χ3n) is 4.91. The molecule has 2 aliphatic heterocycles. The zero-order valence-electron chi connectivity index (χ0n) is 17.7. The van der Waals surface area contributed by atoms with Gasteiger partial charge in [0.1, 0.15) is 23.7 Å². The van der Waals surface area contributed by atoms with Gasteiger partial charge in [-0.25, -0.2) is 4.79 Å². The number of pyridine rings is 1. The van der Waals surface area contributed by atoms with Gasteiger partial charge in [0.25, 0.3) is 11.8 Å². The number of fused-ring (bicyclic) bond motifs is 1. The van der Waals surface area contributed by atoms with Crippen LogP contribution in [0.15, 0.2) is 41.0 Å². The maximum Gasteiger partial charge on any atom is 0.352 e. The summed E-state index contributed by atoms with van der Waals surface area (Å²) >= 11 is 2.20. The Morgan fingerprint density at radius 3 is 2.91 bits per heavy atom. The first kappa shape index (κ1) is 23.4. The SMILES string of the molecule is CCON=C(C(=O)NC1C(=O)N2C(C(=O)O)=C(C[n+]3cccc(O)c3)CS[C@H]12)c1nsc(N)n1. The Bertz CT molecular complexity index is 1210. The highest BCUT2D eigenvalue weighted by atomic mass is 32.2. The third-order valence-corrected chi connectivity index (χ3v) is 6.79. The number of nitrogens with one attached hydrogen (secondary N) is 1. The van der Waals surface area contributed by atoms with Crippen molar-refractivity contribution < 1.29 is 34.0 Å². The number of β-lactam (4-membered cyclic amide) rings is 1. The Balaban J connectivity index is 1.53. The van der Waals surface area contributed by atoms with Gasteiger partial charge in [0.05, 0.1) is 0 Å². The van der Waals surface area contributed by atoms with Gasteiger partial charge in [0.2, 0.25) is 17.7 Å². The molecular weight excluding hydrogens is 486 g/mol. The summed E-state index contributed by atoms with van der Waals surface area (Å²) in [7, 11) is 0. The lowest BCUT2D eigenvalue weighted by Gasteiger charge is -2.49. The minimum absolute atomic E-state index is 0.0324. The number of nitrogens with two attached hydrogens (primary N) is 1. The molecule has 34 heavy (non-hydrogen) atoms. The summed E-state index contributed by atoms with van der Waals surface area (Å²) in [5.41, 5.74) is 5.72. The molecule has 0 bridgehead atoms. The molecule has 1 unspecified atom stereocenters. The number of hydrogen-bond acceptors (Lipinski definition) is 11. The molecule has 2 aromatic rings. The van der Waals surface area contributed by atoms with Crippen LogP contribution < -0.4 is 15.6 Å². The van der Waals surface area contributed by atoms with Crippen molar-refractivity contribution in [1.82, 2.24) is 19.6 Å².